The zero-order chi connectivity index (χ0) is 21.5. The van der Waals surface area contributed by atoms with Crippen LogP contribution in [0.5, 0.6) is 17.2 Å². The third-order valence-electron chi connectivity index (χ3n) is 4.08. The van der Waals surface area contributed by atoms with Gasteiger partial charge in [0.25, 0.3) is 5.91 Å². The van der Waals surface area contributed by atoms with Gasteiger partial charge in [-0.3, -0.25) is 10.1 Å². The molecule has 156 valence electrons. The Hall–Kier alpha value is -3.59. The van der Waals surface area contributed by atoms with Gasteiger partial charge in [0, 0.05) is 10.9 Å². The first-order valence-corrected chi connectivity index (χ1v) is 9.72. The summed E-state index contributed by atoms with van der Waals surface area (Å²) in [6.45, 7) is -0.476. The largest absolute Gasteiger partial charge is 0.493 e. The number of esters is 1. The number of aromatic nitrogens is 1. The average Bonchev–Trinajstić information content (AvgIpc) is 3.25. The summed E-state index contributed by atoms with van der Waals surface area (Å²) in [6.07, 6.45) is 0. The Bertz CT molecular complexity index is 1040. The van der Waals surface area contributed by atoms with Crippen molar-refractivity contribution in [3.63, 3.8) is 0 Å². The zero-order valence-electron chi connectivity index (χ0n) is 16.6. The van der Waals surface area contributed by atoms with E-state index < -0.39 is 18.5 Å². The third kappa shape index (κ3) is 4.69. The monoisotopic (exact) mass is 428 g/mol. The van der Waals surface area contributed by atoms with E-state index in [0.29, 0.717) is 10.9 Å². The predicted octanol–water partition coefficient (Wildman–Crippen LogP) is 3.63. The molecular formula is C21H20N2O6S. The topological polar surface area (TPSA) is 96.0 Å². The lowest BCUT2D eigenvalue weighted by atomic mass is 10.1. The first kappa shape index (κ1) is 21.1. The summed E-state index contributed by atoms with van der Waals surface area (Å²) >= 11 is 1.28. The van der Waals surface area contributed by atoms with Gasteiger partial charge < -0.3 is 18.9 Å². The molecule has 0 saturated carbocycles. The molecule has 0 aliphatic heterocycles. The second-order valence-electron chi connectivity index (χ2n) is 5.91. The molecule has 0 atom stereocenters. The molecule has 8 nitrogen and oxygen atoms in total. The molecule has 0 aliphatic carbocycles. The van der Waals surface area contributed by atoms with Crippen LogP contribution in [0.25, 0.3) is 11.3 Å². The van der Waals surface area contributed by atoms with Gasteiger partial charge in [-0.05, 0) is 12.1 Å². The number of rotatable bonds is 8. The summed E-state index contributed by atoms with van der Waals surface area (Å²) in [7, 11) is 4.30. The van der Waals surface area contributed by atoms with Crippen LogP contribution in [0.3, 0.4) is 0 Å². The number of hydrogen-bond acceptors (Lipinski definition) is 8. The van der Waals surface area contributed by atoms with E-state index in [1.54, 1.807) is 6.07 Å². The molecule has 0 unspecified atom stereocenters. The molecule has 1 N–H and O–H groups in total. The van der Waals surface area contributed by atoms with Crippen molar-refractivity contribution in [2.45, 2.75) is 0 Å². The highest BCUT2D eigenvalue weighted by Gasteiger charge is 2.22. The molecule has 3 aromatic rings. The number of anilines is 1. The number of carbonyl (C=O) groups is 2. The fourth-order valence-corrected chi connectivity index (χ4v) is 3.43. The van der Waals surface area contributed by atoms with Crippen molar-refractivity contribution >= 4 is 28.3 Å². The van der Waals surface area contributed by atoms with E-state index in [0.717, 1.165) is 11.3 Å². The second kappa shape index (κ2) is 9.75. The number of benzene rings is 2. The summed E-state index contributed by atoms with van der Waals surface area (Å²) < 4.78 is 20.8. The van der Waals surface area contributed by atoms with Crippen LogP contribution < -0.4 is 19.5 Å². The maximum atomic E-state index is 12.4. The molecule has 2 aromatic carbocycles. The predicted molar refractivity (Wildman–Crippen MR) is 113 cm³/mol. The number of thiazole rings is 1. The minimum absolute atomic E-state index is 0.114. The van der Waals surface area contributed by atoms with Crippen LogP contribution in [-0.4, -0.2) is 44.8 Å². The normalized spacial score (nSPS) is 10.2. The van der Waals surface area contributed by atoms with Gasteiger partial charge in [0.05, 0.1) is 27.0 Å². The number of nitrogens with one attached hydrogen (secondary N) is 1. The summed E-state index contributed by atoms with van der Waals surface area (Å²) in [6, 6.07) is 12.6. The molecule has 1 heterocycles. The van der Waals surface area contributed by atoms with Crippen LogP contribution in [0.4, 0.5) is 5.13 Å². The van der Waals surface area contributed by atoms with Crippen molar-refractivity contribution in [2.75, 3.05) is 33.3 Å². The average molecular weight is 428 g/mol. The van der Waals surface area contributed by atoms with Crippen molar-refractivity contribution in [3.8, 4) is 28.5 Å². The van der Waals surface area contributed by atoms with Crippen molar-refractivity contribution in [2.24, 2.45) is 0 Å². The molecular weight excluding hydrogens is 408 g/mol. The Morgan fingerprint density at radius 3 is 2.37 bits per heavy atom. The number of carbonyl (C=O) groups excluding carboxylic acids is 2. The lowest BCUT2D eigenvalue weighted by molar-refractivity contribution is -0.119. The number of hydrogen-bond donors (Lipinski definition) is 1. The highest BCUT2D eigenvalue weighted by molar-refractivity contribution is 7.14. The van der Waals surface area contributed by atoms with Crippen LogP contribution in [0, 0.1) is 0 Å². The van der Waals surface area contributed by atoms with Gasteiger partial charge in [-0.25, -0.2) is 9.78 Å². The molecule has 0 aliphatic rings. The summed E-state index contributed by atoms with van der Waals surface area (Å²) in [5.41, 5.74) is 1.81. The highest BCUT2D eigenvalue weighted by atomic mass is 32.1. The number of nitrogens with zero attached hydrogens (tertiary/aromatic N) is 1. The van der Waals surface area contributed by atoms with E-state index in [-0.39, 0.29) is 17.1 Å². The Morgan fingerprint density at radius 1 is 0.967 bits per heavy atom. The van der Waals surface area contributed by atoms with E-state index in [1.807, 2.05) is 35.7 Å². The fourth-order valence-electron chi connectivity index (χ4n) is 2.70. The van der Waals surface area contributed by atoms with E-state index in [1.165, 1.54) is 38.7 Å². The van der Waals surface area contributed by atoms with Crippen molar-refractivity contribution < 1.29 is 28.5 Å². The van der Waals surface area contributed by atoms with Crippen LogP contribution in [0.1, 0.15) is 10.4 Å². The molecule has 0 bridgehead atoms. The van der Waals surface area contributed by atoms with Crippen molar-refractivity contribution in [1.29, 1.82) is 0 Å². The van der Waals surface area contributed by atoms with Crippen molar-refractivity contribution in [1.82, 2.24) is 4.98 Å². The maximum Gasteiger partial charge on any atom is 0.342 e. The Morgan fingerprint density at radius 2 is 1.70 bits per heavy atom. The molecule has 0 spiro atoms. The number of amides is 1. The Balaban J connectivity index is 1.63. The van der Waals surface area contributed by atoms with Gasteiger partial charge in [0.1, 0.15) is 5.56 Å². The summed E-state index contributed by atoms with van der Waals surface area (Å²) in [4.78, 5) is 29.0. The number of methoxy groups -OCH3 is 3. The van der Waals surface area contributed by atoms with E-state index in [2.05, 4.69) is 10.3 Å². The minimum atomic E-state index is -0.730. The zero-order valence-corrected chi connectivity index (χ0v) is 17.4. The van der Waals surface area contributed by atoms with Gasteiger partial charge in [-0.15, -0.1) is 11.3 Å². The Labute approximate surface area is 177 Å². The van der Waals surface area contributed by atoms with Gasteiger partial charge >= 0.3 is 5.97 Å². The van der Waals surface area contributed by atoms with Gasteiger partial charge in [0.2, 0.25) is 5.75 Å². The second-order valence-corrected chi connectivity index (χ2v) is 6.77. The third-order valence-corrected chi connectivity index (χ3v) is 4.84. The van der Waals surface area contributed by atoms with Crippen LogP contribution >= 0.6 is 11.3 Å². The van der Waals surface area contributed by atoms with Crippen LogP contribution in [-0.2, 0) is 9.53 Å². The maximum absolute atomic E-state index is 12.4. The molecule has 1 amide bonds. The van der Waals surface area contributed by atoms with Crippen molar-refractivity contribution in [3.05, 3.63) is 53.4 Å². The van der Waals surface area contributed by atoms with Gasteiger partial charge in [-0.1, -0.05) is 30.3 Å². The van der Waals surface area contributed by atoms with Gasteiger partial charge in [0.15, 0.2) is 23.2 Å². The molecule has 1 aromatic heterocycles. The summed E-state index contributed by atoms with van der Waals surface area (Å²) in [5.74, 6) is -0.407. The van der Waals surface area contributed by atoms with Crippen LogP contribution in [0.15, 0.2) is 47.8 Å². The molecule has 0 saturated heterocycles. The smallest absolute Gasteiger partial charge is 0.342 e. The molecule has 0 radical (unpaired) electrons. The molecule has 3 rings (SSSR count). The van der Waals surface area contributed by atoms with Crippen LogP contribution in [0.2, 0.25) is 0 Å². The van der Waals surface area contributed by atoms with Gasteiger partial charge in [-0.2, -0.15) is 0 Å². The standard InChI is InChI=1S/C21H20N2O6S/c1-26-16-10-9-14(18(27-2)19(16)28-3)20(25)29-11-17(24)23-21-22-15(12-30-21)13-7-5-4-6-8-13/h4-10,12H,11H2,1-3H3,(H,22,23,24). The van der Waals surface area contributed by atoms with E-state index in [9.17, 15) is 9.59 Å². The molecule has 9 heteroatoms. The van der Waals surface area contributed by atoms with E-state index >= 15 is 0 Å². The number of ether oxygens (including phenoxy) is 4. The fraction of sp³-hybridized carbons (Fsp3) is 0.190. The first-order valence-electron chi connectivity index (χ1n) is 8.84. The summed E-state index contributed by atoms with van der Waals surface area (Å²) in [5, 5.41) is 4.88. The molecule has 0 fully saturated rings. The minimum Gasteiger partial charge on any atom is -0.493 e. The SMILES string of the molecule is COc1ccc(C(=O)OCC(=O)Nc2nc(-c3ccccc3)cs2)c(OC)c1OC. The lowest BCUT2D eigenvalue weighted by Crippen LogP contribution is -2.21. The highest BCUT2D eigenvalue weighted by Crippen LogP contribution is 2.39. The Kier molecular flexibility index (Phi) is 6.87. The van der Waals surface area contributed by atoms with E-state index in [4.69, 9.17) is 18.9 Å². The molecule has 30 heavy (non-hydrogen) atoms. The quantitative estimate of drug-likeness (QED) is 0.547. The first-order chi connectivity index (χ1) is 14.6. The lowest BCUT2D eigenvalue weighted by Gasteiger charge is -2.15.